The van der Waals surface area contributed by atoms with Gasteiger partial charge in [-0.25, -0.2) is 0 Å². The van der Waals surface area contributed by atoms with Crippen LogP contribution in [-0.4, -0.2) is 17.5 Å². The first kappa shape index (κ1) is 13.2. The van der Waals surface area contributed by atoms with Crippen molar-refractivity contribution in [1.82, 2.24) is 4.90 Å². The number of hydrogen-bond acceptors (Lipinski definition) is 1. The van der Waals surface area contributed by atoms with Gasteiger partial charge in [0.1, 0.15) is 0 Å². The molecule has 104 valence electrons. The highest BCUT2D eigenvalue weighted by Crippen LogP contribution is 2.35. The summed E-state index contributed by atoms with van der Waals surface area (Å²) >= 11 is 0. The average Bonchev–Trinajstić information content (AvgIpc) is 2.48. The maximum Gasteiger partial charge on any atom is 0.0236 e. The molecule has 1 saturated carbocycles. The van der Waals surface area contributed by atoms with Crippen LogP contribution in [0.3, 0.4) is 0 Å². The van der Waals surface area contributed by atoms with Gasteiger partial charge in [-0.3, -0.25) is 4.90 Å². The molecule has 0 spiro atoms. The van der Waals surface area contributed by atoms with E-state index in [1.807, 2.05) is 0 Å². The summed E-state index contributed by atoms with van der Waals surface area (Å²) < 4.78 is 0. The van der Waals surface area contributed by atoms with Crippen LogP contribution in [0.2, 0.25) is 0 Å². The van der Waals surface area contributed by atoms with Crippen LogP contribution in [-0.2, 0) is 13.0 Å². The van der Waals surface area contributed by atoms with E-state index in [1.165, 1.54) is 62.7 Å². The molecule has 3 rings (SSSR count). The molecule has 2 aliphatic rings. The second kappa shape index (κ2) is 6.09. The number of nitrogens with zero attached hydrogens (tertiary/aromatic N) is 1. The molecule has 2 atom stereocenters. The lowest BCUT2D eigenvalue weighted by Crippen LogP contribution is -2.46. The highest BCUT2D eigenvalue weighted by Gasteiger charge is 2.32. The maximum absolute atomic E-state index is 2.77. The topological polar surface area (TPSA) is 3.24 Å². The molecule has 0 amide bonds. The van der Waals surface area contributed by atoms with Crippen molar-refractivity contribution in [3.8, 4) is 0 Å². The van der Waals surface area contributed by atoms with Gasteiger partial charge in [0, 0.05) is 12.6 Å². The summed E-state index contributed by atoms with van der Waals surface area (Å²) in [6.07, 6.45) is 9.89. The van der Waals surface area contributed by atoms with Crippen molar-refractivity contribution in [1.29, 1.82) is 0 Å². The van der Waals surface area contributed by atoms with Gasteiger partial charge in [0.25, 0.3) is 0 Å². The summed E-state index contributed by atoms with van der Waals surface area (Å²) in [5.41, 5.74) is 2.96. The lowest BCUT2D eigenvalue weighted by atomic mass is 9.78. The Morgan fingerprint density at radius 3 is 2.42 bits per heavy atom. The van der Waals surface area contributed by atoms with Gasteiger partial charge < -0.3 is 0 Å². The Kier molecular flexibility index (Phi) is 4.22. The Morgan fingerprint density at radius 1 is 0.947 bits per heavy atom. The summed E-state index contributed by atoms with van der Waals surface area (Å²) in [6.45, 7) is 4.72. The van der Waals surface area contributed by atoms with E-state index in [-0.39, 0.29) is 0 Å². The fourth-order valence-electron chi connectivity index (χ4n) is 4.04. The number of piperidine rings is 1. The second-order valence-electron chi connectivity index (χ2n) is 6.39. The molecule has 0 bridgehead atoms. The van der Waals surface area contributed by atoms with Crippen LogP contribution in [0, 0.1) is 5.92 Å². The van der Waals surface area contributed by atoms with Crippen LogP contribution in [0.15, 0.2) is 24.3 Å². The van der Waals surface area contributed by atoms with Crippen LogP contribution in [0.25, 0.3) is 0 Å². The number of rotatable bonds is 3. The quantitative estimate of drug-likeness (QED) is 0.775. The van der Waals surface area contributed by atoms with Crippen molar-refractivity contribution >= 4 is 0 Å². The molecule has 1 aliphatic carbocycles. The largest absolute Gasteiger partial charge is 0.296 e. The third kappa shape index (κ3) is 3.02. The molecule has 2 fully saturated rings. The number of aryl methyl sites for hydroxylation is 1. The van der Waals surface area contributed by atoms with Crippen molar-refractivity contribution in [2.24, 2.45) is 5.92 Å². The van der Waals surface area contributed by atoms with Gasteiger partial charge in [0.05, 0.1) is 0 Å². The van der Waals surface area contributed by atoms with Crippen LogP contribution < -0.4 is 0 Å². The van der Waals surface area contributed by atoms with Gasteiger partial charge in [-0.2, -0.15) is 0 Å². The van der Waals surface area contributed by atoms with Crippen LogP contribution in [0.4, 0.5) is 0 Å². The monoisotopic (exact) mass is 257 g/mol. The zero-order valence-corrected chi connectivity index (χ0v) is 12.3. The van der Waals surface area contributed by atoms with Crippen molar-refractivity contribution in [3.05, 3.63) is 35.4 Å². The second-order valence-corrected chi connectivity index (χ2v) is 6.39. The molecule has 1 aromatic rings. The van der Waals surface area contributed by atoms with Crippen LogP contribution in [0.1, 0.15) is 56.6 Å². The minimum absolute atomic E-state index is 0.883. The first-order valence-electron chi connectivity index (χ1n) is 8.18. The molecule has 1 heteroatoms. The predicted molar refractivity (Wildman–Crippen MR) is 81.2 cm³/mol. The Morgan fingerprint density at radius 2 is 1.63 bits per heavy atom. The average molecular weight is 257 g/mol. The van der Waals surface area contributed by atoms with Crippen molar-refractivity contribution in [2.75, 3.05) is 6.54 Å². The third-order valence-corrected chi connectivity index (χ3v) is 5.18. The van der Waals surface area contributed by atoms with Gasteiger partial charge in [-0.1, -0.05) is 44.0 Å². The zero-order valence-electron chi connectivity index (χ0n) is 12.3. The summed E-state index contributed by atoms with van der Waals surface area (Å²) in [5, 5.41) is 0. The van der Waals surface area contributed by atoms with Crippen molar-refractivity contribution in [3.63, 3.8) is 0 Å². The third-order valence-electron chi connectivity index (χ3n) is 5.18. The number of likely N-dealkylation sites (tertiary alicyclic amines) is 1. The number of benzene rings is 1. The molecule has 0 N–H and O–H groups in total. The standard InChI is InChI=1S/C18H27N/c1-2-15-9-11-16(12-10-15)14-19-13-5-7-17-6-3-4-8-18(17)19/h9-12,17-18H,2-8,13-14H2,1H3. The molecule has 0 aromatic heterocycles. The van der Waals surface area contributed by atoms with Crippen molar-refractivity contribution < 1.29 is 0 Å². The van der Waals surface area contributed by atoms with Gasteiger partial charge in [0.15, 0.2) is 0 Å². The molecule has 1 aromatic carbocycles. The minimum atomic E-state index is 0.883. The maximum atomic E-state index is 2.77. The number of fused-ring (bicyclic) bond motifs is 1. The Bertz CT molecular complexity index is 393. The Hall–Kier alpha value is -0.820. The normalized spacial score (nSPS) is 28.1. The molecular formula is C18H27N. The minimum Gasteiger partial charge on any atom is -0.296 e. The van der Waals surface area contributed by atoms with Crippen molar-refractivity contribution in [2.45, 2.75) is 64.5 Å². The van der Waals surface area contributed by atoms with Gasteiger partial charge in [0.2, 0.25) is 0 Å². The van der Waals surface area contributed by atoms with E-state index in [1.54, 1.807) is 0 Å². The van der Waals surface area contributed by atoms with E-state index in [4.69, 9.17) is 0 Å². The molecule has 1 nitrogen and oxygen atoms in total. The van der Waals surface area contributed by atoms with Gasteiger partial charge in [-0.15, -0.1) is 0 Å². The SMILES string of the molecule is CCc1ccc(CN2CCCC3CCCCC32)cc1. The summed E-state index contributed by atoms with van der Waals surface area (Å²) in [4.78, 5) is 2.77. The molecule has 19 heavy (non-hydrogen) atoms. The summed E-state index contributed by atoms with van der Waals surface area (Å²) in [6, 6.07) is 10.2. The molecule has 1 heterocycles. The first-order chi connectivity index (χ1) is 9.36. The van der Waals surface area contributed by atoms with Gasteiger partial charge >= 0.3 is 0 Å². The van der Waals surface area contributed by atoms with E-state index in [9.17, 15) is 0 Å². The molecule has 0 radical (unpaired) electrons. The fraction of sp³-hybridized carbons (Fsp3) is 0.667. The Labute approximate surface area is 118 Å². The fourth-order valence-corrected chi connectivity index (χ4v) is 4.04. The Balaban J connectivity index is 1.66. The summed E-state index contributed by atoms with van der Waals surface area (Å²) in [7, 11) is 0. The first-order valence-corrected chi connectivity index (χ1v) is 8.18. The molecule has 1 aliphatic heterocycles. The van der Waals surface area contributed by atoms with E-state index < -0.39 is 0 Å². The van der Waals surface area contributed by atoms with Crippen LogP contribution >= 0.6 is 0 Å². The van der Waals surface area contributed by atoms with Crippen LogP contribution in [0.5, 0.6) is 0 Å². The molecule has 1 saturated heterocycles. The lowest BCUT2D eigenvalue weighted by Gasteiger charge is -2.44. The van der Waals surface area contributed by atoms with E-state index in [0.717, 1.165) is 18.4 Å². The lowest BCUT2D eigenvalue weighted by molar-refractivity contribution is 0.0547. The molecule has 2 unspecified atom stereocenters. The number of hydrogen-bond donors (Lipinski definition) is 0. The summed E-state index contributed by atoms with van der Waals surface area (Å²) in [5.74, 6) is 0.998. The zero-order chi connectivity index (χ0) is 13.1. The van der Waals surface area contributed by atoms with E-state index in [2.05, 4.69) is 36.1 Å². The van der Waals surface area contributed by atoms with E-state index >= 15 is 0 Å². The van der Waals surface area contributed by atoms with Gasteiger partial charge in [-0.05, 0) is 55.7 Å². The highest BCUT2D eigenvalue weighted by molar-refractivity contribution is 5.22. The highest BCUT2D eigenvalue weighted by atomic mass is 15.2. The van der Waals surface area contributed by atoms with E-state index in [0.29, 0.717) is 0 Å². The smallest absolute Gasteiger partial charge is 0.0236 e. The molecular weight excluding hydrogens is 230 g/mol. The predicted octanol–water partition coefficient (Wildman–Crippen LogP) is 4.40.